The van der Waals surface area contributed by atoms with Gasteiger partial charge in [0.1, 0.15) is 5.75 Å². The van der Waals surface area contributed by atoms with Crippen LogP contribution in [0.25, 0.3) is 0 Å². The van der Waals surface area contributed by atoms with Crippen LogP contribution < -0.4 is 10.1 Å². The van der Waals surface area contributed by atoms with Crippen molar-refractivity contribution < 1.29 is 9.53 Å². The van der Waals surface area contributed by atoms with Gasteiger partial charge in [0.15, 0.2) is 6.61 Å². The number of halogens is 1. The van der Waals surface area contributed by atoms with Crippen LogP contribution in [0.4, 0.5) is 0 Å². The molecule has 0 saturated heterocycles. The maximum Gasteiger partial charge on any atom is 0.257 e. The number of benzene rings is 1. The molecule has 0 bridgehead atoms. The predicted octanol–water partition coefficient (Wildman–Crippen LogP) is 1.88. The van der Waals surface area contributed by atoms with Crippen LogP contribution in [0, 0.1) is 6.92 Å². The number of aryl methyl sites for hydroxylation is 1. The molecule has 1 amide bonds. The summed E-state index contributed by atoms with van der Waals surface area (Å²) < 4.78 is 6.23. The fraction of sp³-hybridized carbons (Fsp3) is 0.300. The molecule has 0 aliphatic heterocycles. The first-order chi connectivity index (χ1) is 6.63. The van der Waals surface area contributed by atoms with E-state index in [9.17, 15) is 4.79 Å². The molecule has 76 valence electrons. The van der Waals surface area contributed by atoms with E-state index in [0.29, 0.717) is 5.75 Å². The van der Waals surface area contributed by atoms with Gasteiger partial charge in [-0.2, -0.15) is 0 Å². The fourth-order valence-electron chi connectivity index (χ4n) is 0.884. The van der Waals surface area contributed by atoms with E-state index in [-0.39, 0.29) is 12.5 Å². The zero-order valence-corrected chi connectivity index (χ0v) is 9.72. The quantitative estimate of drug-likeness (QED) is 0.898. The average Bonchev–Trinajstić information content (AvgIpc) is 2.19. The summed E-state index contributed by atoms with van der Waals surface area (Å²) in [7, 11) is 1.58. The number of rotatable bonds is 3. The minimum Gasteiger partial charge on any atom is -0.484 e. The molecule has 0 spiro atoms. The fourth-order valence-corrected chi connectivity index (χ4v) is 1.24. The minimum atomic E-state index is -0.137. The van der Waals surface area contributed by atoms with Crippen LogP contribution in [-0.4, -0.2) is 19.6 Å². The Morgan fingerprint density at radius 3 is 2.86 bits per heavy atom. The number of ether oxygens (including phenoxy) is 1. The summed E-state index contributed by atoms with van der Waals surface area (Å²) in [4.78, 5) is 10.9. The van der Waals surface area contributed by atoms with Gasteiger partial charge < -0.3 is 10.1 Å². The normalized spacial score (nSPS) is 9.64. The first-order valence-corrected chi connectivity index (χ1v) is 5.02. The summed E-state index contributed by atoms with van der Waals surface area (Å²) in [6.07, 6.45) is 0. The van der Waals surface area contributed by atoms with Crippen LogP contribution in [0.5, 0.6) is 5.75 Å². The summed E-state index contributed by atoms with van der Waals surface area (Å²) in [5, 5.41) is 2.49. The van der Waals surface area contributed by atoms with Gasteiger partial charge >= 0.3 is 0 Å². The minimum absolute atomic E-state index is 0.0476. The highest BCUT2D eigenvalue weighted by atomic mass is 79.9. The van der Waals surface area contributed by atoms with Crippen LogP contribution in [0.3, 0.4) is 0 Å². The number of hydrogen-bond acceptors (Lipinski definition) is 2. The summed E-state index contributed by atoms with van der Waals surface area (Å²) >= 11 is 3.39. The molecule has 0 atom stereocenters. The van der Waals surface area contributed by atoms with E-state index in [4.69, 9.17) is 4.74 Å². The van der Waals surface area contributed by atoms with Crippen LogP contribution >= 0.6 is 15.9 Å². The zero-order chi connectivity index (χ0) is 10.6. The average molecular weight is 258 g/mol. The lowest BCUT2D eigenvalue weighted by Gasteiger charge is -2.06. The second-order valence-electron chi connectivity index (χ2n) is 2.87. The smallest absolute Gasteiger partial charge is 0.257 e. The molecule has 1 aromatic rings. The summed E-state index contributed by atoms with van der Waals surface area (Å²) in [6, 6.07) is 5.62. The van der Waals surface area contributed by atoms with E-state index < -0.39 is 0 Å². The highest BCUT2D eigenvalue weighted by Gasteiger charge is 2.01. The molecule has 0 aliphatic rings. The summed E-state index contributed by atoms with van der Waals surface area (Å²) in [6.45, 7) is 2.04. The van der Waals surface area contributed by atoms with Crippen molar-refractivity contribution in [2.24, 2.45) is 0 Å². The first kappa shape index (κ1) is 11.0. The molecule has 0 heterocycles. The molecular weight excluding hydrogens is 246 g/mol. The molecule has 0 fully saturated rings. The van der Waals surface area contributed by atoms with Crippen LogP contribution in [-0.2, 0) is 4.79 Å². The van der Waals surface area contributed by atoms with Gasteiger partial charge in [-0.15, -0.1) is 0 Å². The Morgan fingerprint density at radius 1 is 1.57 bits per heavy atom. The third-order valence-electron chi connectivity index (χ3n) is 1.79. The van der Waals surface area contributed by atoms with Crippen molar-refractivity contribution in [3.8, 4) is 5.75 Å². The molecule has 4 heteroatoms. The highest BCUT2D eigenvalue weighted by molar-refractivity contribution is 9.10. The number of carbonyl (C=O) groups excluding carboxylic acids is 1. The van der Waals surface area contributed by atoms with Gasteiger partial charge in [0, 0.05) is 11.5 Å². The van der Waals surface area contributed by atoms with Crippen LogP contribution in [0.2, 0.25) is 0 Å². The Morgan fingerprint density at radius 2 is 2.29 bits per heavy atom. The Bertz CT molecular complexity index is 339. The van der Waals surface area contributed by atoms with Crippen molar-refractivity contribution in [2.45, 2.75) is 6.92 Å². The van der Waals surface area contributed by atoms with E-state index in [1.54, 1.807) is 7.05 Å². The number of hydrogen-bond donors (Lipinski definition) is 1. The predicted molar refractivity (Wildman–Crippen MR) is 58.4 cm³/mol. The van der Waals surface area contributed by atoms with Gasteiger partial charge in [-0.1, -0.05) is 22.0 Å². The molecule has 1 rings (SSSR count). The topological polar surface area (TPSA) is 38.3 Å². The van der Waals surface area contributed by atoms with E-state index >= 15 is 0 Å². The first-order valence-electron chi connectivity index (χ1n) is 4.23. The lowest BCUT2D eigenvalue weighted by Crippen LogP contribution is -2.24. The standard InChI is InChI=1S/C10H12BrNO2/c1-7-3-4-8(5-9(7)11)14-6-10(13)12-2/h3-5H,6H2,1-2H3,(H,12,13). The summed E-state index contributed by atoms with van der Waals surface area (Å²) in [5.41, 5.74) is 1.14. The third kappa shape index (κ3) is 3.03. The molecule has 1 aromatic carbocycles. The molecule has 1 N–H and O–H groups in total. The molecule has 0 saturated carbocycles. The Kier molecular flexibility index (Phi) is 3.95. The number of nitrogens with one attached hydrogen (secondary N) is 1. The molecule has 0 aliphatic carbocycles. The van der Waals surface area contributed by atoms with Crippen molar-refractivity contribution in [2.75, 3.05) is 13.7 Å². The monoisotopic (exact) mass is 257 g/mol. The summed E-state index contributed by atoms with van der Waals surface area (Å²) in [5.74, 6) is 0.549. The van der Waals surface area contributed by atoms with Gasteiger partial charge in [0.05, 0.1) is 0 Å². The maximum absolute atomic E-state index is 10.9. The van der Waals surface area contributed by atoms with Crippen molar-refractivity contribution >= 4 is 21.8 Å². The van der Waals surface area contributed by atoms with Gasteiger partial charge in [-0.05, 0) is 24.6 Å². The molecule has 0 radical (unpaired) electrons. The SMILES string of the molecule is CNC(=O)COc1ccc(C)c(Br)c1. The van der Waals surface area contributed by atoms with Crippen LogP contribution in [0.15, 0.2) is 22.7 Å². The molecule has 0 unspecified atom stereocenters. The van der Waals surface area contributed by atoms with Gasteiger partial charge in [0.25, 0.3) is 5.91 Å². The Hall–Kier alpha value is -1.03. The Labute approximate surface area is 91.6 Å². The zero-order valence-electron chi connectivity index (χ0n) is 8.13. The molecule has 0 aromatic heterocycles. The number of carbonyl (C=O) groups is 1. The molecule has 14 heavy (non-hydrogen) atoms. The second-order valence-corrected chi connectivity index (χ2v) is 3.73. The lowest BCUT2D eigenvalue weighted by molar-refractivity contribution is -0.122. The highest BCUT2D eigenvalue weighted by Crippen LogP contribution is 2.21. The number of likely N-dealkylation sites (N-methyl/N-ethyl adjacent to an activating group) is 1. The largest absolute Gasteiger partial charge is 0.484 e. The van der Waals surface area contributed by atoms with Gasteiger partial charge in [-0.25, -0.2) is 0 Å². The lowest BCUT2D eigenvalue weighted by atomic mass is 10.2. The number of amides is 1. The van der Waals surface area contributed by atoms with Gasteiger partial charge in [0.2, 0.25) is 0 Å². The second kappa shape index (κ2) is 5.00. The van der Waals surface area contributed by atoms with Crippen molar-refractivity contribution in [3.63, 3.8) is 0 Å². The van der Waals surface area contributed by atoms with E-state index in [1.165, 1.54) is 0 Å². The van der Waals surface area contributed by atoms with Crippen molar-refractivity contribution in [1.29, 1.82) is 0 Å². The van der Waals surface area contributed by atoms with E-state index in [2.05, 4.69) is 21.2 Å². The maximum atomic E-state index is 10.9. The Balaban J connectivity index is 2.60. The van der Waals surface area contributed by atoms with Crippen LogP contribution in [0.1, 0.15) is 5.56 Å². The third-order valence-corrected chi connectivity index (χ3v) is 2.65. The van der Waals surface area contributed by atoms with E-state index in [0.717, 1.165) is 10.0 Å². The molecule has 3 nitrogen and oxygen atoms in total. The van der Waals surface area contributed by atoms with Gasteiger partial charge in [-0.3, -0.25) is 4.79 Å². The van der Waals surface area contributed by atoms with E-state index in [1.807, 2.05) is 25.1 Å². The van der Waals surface area contributed by atoms with Crippen molar-refractivity contribution in [3.05, 3.63) is 28.2 Å². The van der Waals surface area contributed by atoms with Crippen molar-refractivity contribution in [1.82, 2.24) is 5.32 Å². The molecular formula is C10H12BrNO2.